The average molecular weight is 403 g/mol. The lowest BCUT2D eigenvalue weighted by Crippen LogP contribution is -2.37. The minimum absolute atomic E-state index is 0.0385. The van der Waals surface area contributed by atoms with Crippen LogP contribution in [0.25, 0.3) is 0 Å². The number of hydrogen-bond acceptors (Lipinski definition) is 2. The standard InChI is InChI=1S/C9H11I2NO/c1-9(12,5-13)6-2-7(10)4-8(11)3-6/h2-4,13H,5,12H2,1H3/t9-/m1/s1. The van der Waals surface area contributed by atoms with E-state index in [0.717, 1.165) is 12.7 Å². The van der Waals surface area contributed by atoms with Gasteiger partial charge in [0.15, 0.2) is 0 Å². The summed E-state index contributed by atoms with van der Waals surface area (Å²) in [5, 5.41) is 9.10. The monoisotopic (exact) mass is 403 g/mol. The lowest BCUT2D eigenvalue weighted by atomic mass is 9.94. The number of aliphatic hydroxyl groups is 1. The summed E-state index contributed by atoms with van der Waals surface area (Å²) < 4.78 is 2.29. The first-order valence-electron chi connectivity index (χ1n) is 3.82. The summed E-state index contributed by atoms with van der Waals surface area (Å²) in [6, 6.07) is 6.07. The first-order chi connectivity index (χ1) is 5.95. The molecule has 72 valence electrons. The van der Waals surface area contributed by atoms with Gasteiger partial charge in [-0.25, -0.2) is 0 Å². The third-order valence-electron chi connectivity index (χ3n) is 1.85. The lowest BCUT2D eigenvalue weighted by molar-refractivity contribution is 0.210. The second-order valence-corrected chi connectivity index (χ2v) is 5.72. The highest BCUT2D eigenvalue weighted by Gasteiger charge is 2.20. The van der Waals surface area contributed by atoms with Gasteiger partial charge in [0, 0.05) is 7.14 Å². The quantitative estimate of drug-likeness (QED) is 0.744. The fraction of sp³-hybridized carbons (Fsp3) is 0.333. The SMILES string of the molecule is C[C@@](N)(CO)c1cc(I)cc(I)c1. The zero-order chi connectivity index (χ0) is 10.1. The Morgan fingerprint density at radius 2 is 1.77 bits per heavy atom. The van der Waals surface area contributed by atoms with Crippen molar-refractivity contribution >= 4 is 45.2 Å². The minimum Gasteiger partial charge on any atom is -0.394 e. The van der Waals surface area contributed by atoms with Gasteiger partial charge in [-0.15, -0.1) is 0 Å². The molecule has 0 saturated heterocycles. The van der Waals surface area contributed by atoms with Crippen LogP contribution in [0.1, 0.15) is 12.5 Å². The van der Waals surface area contributed by atoms with Gasteiger partial charge in [0.25, 0.3) is 0 Å². The van der Waals surface area contributed by atoms with Gasteiger partial charge in [-0.05, 0) is 75.9 Å². The van der Waals surface area contributed by atoms with Crippen LogP contribution in [0.3, 0.4) is 0 Å². The number of benzene rings is 1. The van der Waals surface area contributed by atoms with Gasteiger partial charge in [-0.1, -0.05) is 0 Å². The van der Waals surface area contributed by atoms with Crippen molar-refractivity contribution in [1.29, 1.82) is 0 Å². The van der Waals surface area contributed by atoms with Crippen molar-refractivity contribution < 1.29 is 5.11 Å². The van der Waals surface area contributed by atoms with Gasteiger partial charge in [-0.2, -0.15) is 0 Å². The minimum atomic E-state index is -0.638. The second-order valence-electron chi connectivity index (χ2n) is 3.23. The molecular weight excluding hydrogens is 392 g/mol. The van der Waals surface area contributed by atoms with Crippen LogP contribution >= 0.6 is 45.2 Å². The molecule has 0 aliphatic carbocycles. The van der Waals surface area contributed by atoms with Crippen LogP contribution in [-0.2, 0) is 5.54 Å². The first kappa shape index (κ1) is 11.7. The van der Waals surface area contributed by atoms with E-state index in [2.05, 4.69) is 51.2 Å². The molecule has 0 spiro atoms. The highest BCUT2D eigenvalue weighted by Crippen LogP contribution is 2.22. The number of halogens is 2. The zero-order valence-corrected chi connectivity index (χ0v) is 11.5. The molecule has 0 aliphatic heterocycles. The van der Waals surface area contributed by atoms with Crippen LogP contribution in [0.5, 0.6) is 0 Å². The molecule has 0 amide bonds. The van der Waals surface area contributed by atoms with E-state index < -0.39 is 5.54 Å². The fourth-order valence-electron chi connectivity index (χ4n) is 0.975. The van der Waals surface area contributed by atoms with E-state index in [0.29, 0.717) is 0 Å². The molecule has 4 heteroatoms. The largest absolute Gasteiger partial charge is 0.394 e. The van der Waals surface area contributed by atoms with E-state index in [1.165, 1.54) is 0 Å². The summed E-state index contributed by atoms with van der Waals surface area (Å²) in [6.45, 7) is 1.79. The van der Waals surface area contributed by atoms with Crippen molar-refractivity contribution in [3.63, 3.8) is 0 Å². The normalized spacial score (nSPS) is 15.5. The molecule has 0 fully saturated rings. The maximum absolute atomic E-state index is 9.10. The number of rotatable bonds is 2. The number of hydrogen-bond donors (Lipinski definition) is 2. The first-order valence-corrected chi connectivity index (χ1v) is 5.98. The molecule has 0 unspecified atom stereocenters. The Morgan fingerprint density at radius 1 is 1.31 bits per heavy atom. The Morgan fingerprint density at radius 3 is 2.15 bits per heavy atom. The molecule has 3 N–H and O–H groups in total. The maximum atomic E-state index is 9.10. The topological polar surface area (TPSA) is 46.2 Å². The van der Waals surface area contributed by atoms with Crippen LogP contribution < -0.4 is 5.73 Å². The molecule has 1 aromatic rings. The Balaban J connectivity index is 3.15. The van der Waals surface area contributed by atoms with Crippen molar-refractivity contribution in [1.82, 2.24) is 0 Å². The Labute approximate surface area is 105 Å². The Bertz CT molecular complexity index is 292. The molecule has 0 radical (unpaired) electrons. The summed E-state index contributed by atoms with van der Waals surface area (Å²) in [4.78, 5) is 0. The van der Waals surface area contributed by atoms with Gasteiger partial charge in [0.2, 0.25) is 0 Å². The summed E-state index contributed by atoms with van der Waals surface area (Å²) >= 11 is 4.49. The molecule has 1 rings (SSSR count). The molecule has 0 bridgehead atoms. The molecule has 13 heavy (non-hydrogen) atoms. The molecule has 1 atom stereocenters. The molecule has 2 nitrogen and oxygen atoms in total. The van der Waals surface area contributed by atoms with E-state index >= 15 is 0 Å². The third-order valence-corrected chi connectivity index (χ3v) is 3.10. The summed E-state index contributed by atoms with van der Waals surface area (Å²) in [5.74, 6) is 0. The third kappa shape index (κ3) is 3.03. The summed E-state index contributed by atoms with van der Waals surface area (Å²) in [7, 11) is 0. The van der Waals surface area contributed by atoms with Crippen LogP contribution in [0.4, 0.5) is 0 Å². The van der Waals surface area contributed by atoms with Crippen molar-refractivity contribution in [2.24, 2.45) is 5.73 Å². The van der Waals surface area contributed by atoms with E-state index in [9.17, 15) is 0 Å². The fourth-order valence-corrected chi connectivity index (χ4v) is 2.91. The zero-order valence-electron chi connectivity index (χ0n) is 7.22. The van der Waals surface area contributed by atoms with E-state index in [4.69, 9.17) is 10.8 Å². The Hall–Kier alpha value is 0.600. The molecular formula is C9H11I2NO. The van der Waals surface area contributed by atoms with Crippen molar-refractivity contribution in [3.8, 4) is 0 Å². The van der Waals surface area contributed by atoms with Gasteiger partial charge in [0.05, 0.1) is 12.1 Å². The lowest BCUT2D eigenvalue weighted by Gasteiger charge is -2.22. The van der Waals surface area contributed by atoms with E-state index in [1.807, 2.05) is 19.1 Å². The average Bonchev–Trinajstić information content (AvgIpc) is 2.02. The molecule has 0 aliphatic rings. The van der Waals surface area contributed by atoms with Crippen LogP contribution in [0.15, 0.2) is 18.2 Å². The van der Waals surface area contributed by atoms with Crippen LogP contribution in [0, 0.1) is 7.14 Å². The highest BCUT2D eigenvalue weighted by atomic mass is 127. The smallest absolute Gasteiger partial charge is 0.0650 e. The highest BCUT2D eigenvalue weighted by molar-refractivity contribution is 14.1. The summed E-state index contributed by atoms with van der Waals surface area (Å²) in [6.07, 6.45) is 0. The van der Waals surface area contributed by atoms with Crippen molar-refractivity contribution in [3.05, 3.63) is 30.9 Å². The summed E-state index contributed by atoms with van der Waals surface area (Å²) in [5.41, 5.74) is 6.26. The maximum Gasteiger partial charge on any atom is 0.0650 e. The molecule has 0 saturated carbocycles. The van der Waals surface area contributed by atoms with Crippen molar-refractivity contribution in [2.45, 2.75) is 12.5 Å². The Kier molecular flexibility index (Phi) is 3.96. The number of nitrogens with two attached hydrogens (primary N) is 1. The van der Waals surface area contributed by atoms with Crippen molar-refractivity contribution in [2.75, 3.05) is 6.61 Å². The van der Waals surface area contributed by atoms with E-state index in [-0.39, 0.29) is 6.61 Å². The van der Waals surface area contributed by atoms with Gasteiger partial charge < -0.3 is 10.8 Å². The predicted molar refractivity (Wildman–Crippen MR) is 70.5 cm³/mol. The molecule has 0 heterocycles. The predicted octanol–water partition coefficient (Wildman–Crippen LogP) is 2.06. The number of aliphatic hydroxyl groups excluding tert-OH is 1. The van der Waals surface area contributed by atoms with E-state index in [1.54, 1.807) is 0 Å². The van der Waals surface area contributed by atoms with Crippen LogP contribution in [0.2, 0.25) is 0 Å². The second kappa shape index (κ2) is 4.41. The van der Waals surface area contributed by atoms with Crippen LogP contribution in [-0.4, -0.2) is 11.7 Å². The van der Waals surface area contributed by atoms with Gasteiger partial charge >= 0.3 is 0 Å². The molecule has 0 aromatic heterocycles. The van der Waals surface area contributed by atoms with Gasteiger partial charge in [0.1, 0.15) is 0 Å². The molecule has 1 aromatic carbocycles. The van der Waals surface area contributed by atoms with Gasteiger partial charge in [-0.3, -0.25) is 0 Å².